The van der Waals surface area contributed by atoms with Gasteiger partial charge in [-0.15, -0.1) is 0 Å². The van der Waals surface area contributed by atoms with Crippen LogP contribution in [0.1, 0.15) is 34.5 Å². The molecule has 0 radical (unpaired) electrons. The van der Waals surface area contributed by atoms with Crippen LogP contribution in [0, 0.1) is 0 Å². The molecule has 1 aromatic carbocycles. The zero-order chi connectivity index (χ0) is 22.2. The Morgan fingerprint density at radius 3 is 2.78 bits per heavy atom. The molecule has 2 aliphatic rings. The molecule has 164 valence electrons. The Hall–Kier alpha value is -3.79. The van der Waals surface area contributed by atoms with Crippen molar-refractivity contribution in [2.24, 2.45) is 12.8 Å². The van der Waals surface area contributed by atoms with Crippen molar-refractivity contribution in [1.82, 2.24) is 25.1 Å². The highest BCUT2D eigenvalue weighted by Gasteiger charge is 2.28. The van der Waals surface area contributed by atoms with Crippen LogP contribution in [0.25, 0.3) is 11.4 Å². The molecule has 32 heavy (non-hydrogen) atoms. The Morgan fingerprint density at radius 2 is 2.03 bits per heavy atom. The number of benzene rings is 1. The lowest BCUT2D eigenvalue weighted by molar-refractivity contribution is -0.117. The molecule has 5 N–H and O–H groups in total. The zero-order valence-corrected chi connectivity index (χ0v) is 17.7. The van der Waals surface area contributed by atoms with Crippen molar-refractivity contribution < 1.29 is 9.59 Å². The lowest BCUT2D eigenvalue weighted by Crippen LogP contribution is -2.35. The molecule has 1 aliphatic heterocycles. The second kappa shape index (κ2) is 8.04. The monoisotopic (exact) mass is 432 g/mol. The molecule has 0 spiro atoms. The first kappa shape index (κ1) is 20.1. The van der Waals surface area contributed by atoms with Crippen molar-refractivity contribution in [1.29, 1.82) is 0 Å². The van der Waals surface area contributed by atoms with Gasteiger partial charge < -0.3 is 21.7 Å². The summed E-state index contributed by atoms with van der Waals surface area (Å²) in [6, 6.07) is 7.27. The van der Waals surface area contributed by atoms with Gasteiger partial charge in [0.25, 0.3) is 5.91 Å². The molecule has 3 aromatic rings. The lowest BCUT2D eigenvalue weighted by Gasteiger charge is -2.18. The van der Waals surface area contributed by atoms with Crippen LogP contribution < -0.4 is 21.7 Å². The first-order valence-corrected chi connectivity index (χ1v) is 10.6. The number of rotatable bonds is 5. The number of para-hydroxylation sites is 2. The standard InChI is InChI=1S/C22H24N8O2/c1-30-19-13(18(29-30)20(23)31)9-8-12-11-25-22(28-17(12)19)27-15-6-3-2-5-14(15)26-21(32)16-7-4-10-24-16/h2-3,5-6,11,16,24H,4,7-10H2,1H3,(H2,23,31)(H,26,32)(H,25,27,28)/t16-/m1/s1. The summed E-state index contributed by atoms with van der Waals surface area (Å²) in [5.74, 6) is -0.208. The van der Waals surface area contributed by atoms with Gasteiger partial charge in [0, 0.05) is 18.8 Å². The molecule has 1 fully saturated rings. The first-order valence-electron chi connectivity index (χ1n) is 10.6. The fourth-order valence-electron chi connectivity index (χ4n) is 4.36. The summed E-state index contributed by atoms with van der Waals surface area (Å²) in [6.07, 6.45) is 4.97. The van der Waals surface area contributed by atoms with Gasteiger partial charge in [0.05, 0.1) is 28.8 Å². The summed E-state index contributed by atoms with van der Waals surface area (Å²) < 4.78 is 1.65. The molecule has 1 aliphatic carbocycles. The first-order chi connectivity index (χ1) is 15.5. The van der Waals surface area contributed by atoms with Crippen LogP contribution in [-0.4, -0.2) is 44.1 Å². The van der Waals surface area contributed by atoms with Crippen molar-refractivity contribution in [2.45, 2.75) is 31.7 Å². The third-order valence-corrected chi connectivity index (χ3v) is 5.92. The van der Waals surface area contributed by atoms with Gasteiger partial charge in [-0.1, -0.05) is 12.1 Å². The maximum Gasteiger partial charge on any atom is 0.269 e. The molecule has 0 bridgehead atoms. The molecule has 0 unspecified atom stereocenters. The Bertz CT molecular complexity index is 1210. The normalized spacial score (nSPS) is 16.8. The van der Waals surface area contributed by atoms with Gasteiger partial charge in [-0.05, 0) is 49.9 Å². The molecular formula is C22H24N8O2. The Kier molecular flexibility index (Phi) is 5.06. The highest BCUT2D eigenvalue weighted by atomic mass is 16.2. The maximum absolute atomic E-state index is 12.6. The second-order valence-corrected chi connectivity index (χ2v) is 8.04. The number of hydrogen-bond acceptors (Lipinski definition) is 7. The number of nitrogens with two attached hydrogens (primary N) is 1. The topological polar surface area (TPSA) is 140 Å². The molecule has 5 rings (SSSR count). The summed E-state index contributed by atoms with van der Waals surface area (Å²) in [5.41, 5.74) is 10.4. The van der Waals surface area contributed by atoms with E-state index < -0.39 is 5.91 Å². The van der Waals surface area contributed by atoms with E-state index in [0.29, 0.717) is 30.2 Å². The lowest BCUT2D eigenvalue weighted by atomic mass is 9.93. The predicted molar refractivity (Wildman–Crippen MR) is 120 cm³/mol. The number of aryl methyl sites for hydroxylation is 2. The largest absolute Gasteiger partial charge is 0.364 e. The number of carbonyl (C=O) groups excluding carboxylic acids is 2. The van der Waals surface area contributed by atoms with E-state index in [4.69, 9.17) is 10.7 Å². The van der Waals surface area contributed by atoms with E-state index in [1.165, 1.54) is 0 Å². The maximum atomic E-state index is 12.6. The number of nitrogens with zero attached hydrogens (tertiary/aromatic N) is 4. The van der Waals surface area contributed by atoms with Gasteiger partial charge in [0.2, 0.25) is 11.9 Å². The van der Waals surface area contributed by atoms with E-state index in [1.54, 1.807) is 17.9 Å². The smallest absolute Gasteiger partial charge is 0.269 e. The molecular weight excluding hydrogens is 408 g/mol. The van der Waals surface area contributed by atoms with Gasteiger partial charge in [0.1, 0.15) is 0 Å². The summed E-state index contributed by atoms with van der Waals surface area (Å²) in [5, 5.41) is 13.7. The van der Waals surface area contributed by atoms with E-state index in [0.717, 1.165) is 41.9 Å². The molecule has 1 saturated heterocycles. The summed E-state index contributed by atoms with van der Waals surface area (Å²) in [6.45, 7) is 0.856. The average Bonchev–Trinajstić information content (AvgIpc) is 3.44. The average molecular weight is 432 g/mol. The molecule has 2 amide bonds. The quantitative estimate of drug-likeness (QED) is 0.479. The van der Waals surface area contributed by atoms with Gasteiger partial charge in [-0.3, -0.25) is 14.3 Å². The molecule has 1 atom stereocenters. The fourth-order valence-corrected chi connectivity index (χ4v) is 4.36. The third-order valence-electron chi connectivity index (χ3n) is 5.92. The van der Waals surface area contributed by atoms with E-state index in [-0.39, 0.29) is 17.6 Å². The molecule has 3 heterocycles. The van der Waals surface area contributed by atoms with Crippen LogP contribution >= 0.6 is 0 Å². The minimum Gasteiger partial charge on any atom is -0.364 e. The van der Waals surface area contributed by atoms with Crippen LogP contribution in [0.5, 0.6) is 0 Å². The zero-order valence-electron chi connectivity index (χ0n) is 17.7. The number of primary amides is 1. The van der Waals surface area contributed by atoms with Crippen molar-refractivity contribution in [3.8, 4) is 11.4 Å². The van der Waals surface area contributed by atoms with E-state index in [1.807, 2.05) is 24.3 Å². The van der Waals surface area contributed by atoms with E-state index >= 15 is 0 Å². The van der Waals surface area contributed by atoms with Gasteiger partial charge in [0.15, 0.2) is 5.69 Å². The van der Waals surface area contributed by atoms with Crippen molar-refractivity contribution in [2.75, 3.05) is 17.2 Å². The van der Waals surface area contributed by atoms with Crippen LogP contribution in [0.4, 0.5) is 17.3 Å². The highest BCUT2D eigenvalue weighted by molar-refractivity contribution is 5.98. The minimum atomic E-state index is -0.542. The van der Waals surface area contributed by atoms with Crippen LogP contribution in [-0.2, 0) is 24.7 Å². The highest BCUT2D eigenvalue weighted by Crippen LogP contribution is 2.34. The van der Waals surface area contributed by atoms with Crippen LogP contribution in [0.15, 0.2) is 30.5 Å². The number of anilines is 3. The van der Waals surface area contributed by atoms with Gasteiger partial charge >= 0.3 is 0 Å². The Morgan fingerprint density at radius 1 is 1.22 bits per heavy atom. The summed E-state index contributed by atoms with van der Waals surface area (Å²) in [4.78, 5) is 33.5. The van der Waals surface area contributed by atoms with Gasteiger partial charge in [-0.2, -0.15) is 5.10 Å². The predicted octanol–water partition coefficient (Wildman–Crippen LogP) is 1.51. The Labute approximate surface area is 184 Å². The number of carbonyl (C=O) groups is 2. The van der Waals surface area contributed by atoms with Crippen molar-refractivity contribution in [3.05, 3.63) is 47.3 Å². The van der Waals surface area contributed by atoms with Crippen molar-refractivity contribution in [3.63, 3.8) is 0 Å². The van der Waals surface area contributed by atoms with Crippen molar-refractivity contribution >= 4 is 29.1 Å². The van der Waals surface area contributed by atoms with E-state index in [2.05, 4.69) is 26.0 Å². The van der Waals surface area contributed by atoms with Gasteiger partial charge in [-0.25, -0.2) is 9.97 Å². The Balaban J connectivity index is 1.44. The number of fused-ring (bicyclic) bond motifs is 3. The third kappa shape index (κ3) is 3.58. The number of amides is 2. The minimum absolute atomic E-state index is 0.0541. The van der Waals surface area contributed by atoms with Crippen LogP contribution in [0.2, 0.25) is 0 Å². The molecule has 10 nitrogen and oxygen atoms in total. The van der Waals surface area contributed by atoms with Crippen LogP contribution in [0.3, 0.4) is 0 Å². The summed E-state index contributed by atoms with van der Waals surface area (Å²) >= 11 is 0. The summed E-state index contributed by atoms with van der Waals surface area (Å²) in [7, 11) is 1.78. The SMILES string of the molecule is Cn1nc(C(N)=O)c2c1-c1nc(Nc3ccccc3NC(=O)[C@H]3CCCN3)ncc1CC2. The van der Waals surface area contributed by atoms with E-state index in [9.17, 15) is 9.59 Å². The fraction of sp³-hybridized carbons (Fsp3) is 0.318. The molecule has 10 heteroatoms. The number of hydrogen-bond donors (Lipinski definition) is 4. The second-order valence-electron chi connectivity index (χ2n) is 8.04. The number of aromatic nitrogens is 4. The number of nitrogens with one attached hydrogen (secondary N) is 3. The molecule has 0 saturated carbocycles. The molecule has 2 aromatic heterocycles.